The Balaban J connectivity index is 1.64. The molecule has 2 heterocycles. The van der Waals surface area contributed by atoms with Gasteiger partial charge in [0.1, 0.15) is 5.82 Å². The summed E-state index contributed by atoms with van der Waals surface area (Å²) in [6.07, 6.45) is 0. The molecule has 0 fully saturated rings. The molecule has 0 saturated heterocycles. The predicted octanol–water partition coefficient (Wildman–Crippen LogP) is 4.48. The summed E-state index contributed by atoms with van der Waals surface area (Å²) in [5.74, 6) is 0.167. The summed E-state index contributed by atoms with van der Waals surface area (Å²) in [5, 5.41) is 13.1. The molecule has 29 heavy (non-hydrogen) atoms. The minimum Gasteiger partial charge on any atom is -0.479 e. The third-order valence-electron chi connectivity index (χ3n) is 4.38. The Hall–Kier alpha value is -3.33. The van der Waals surface area contributed by atoms with Crippen LogP contribution in [0, 0.1) is 5.82 Å². The van der Waals surface area contributed by atoms with Crippen molar-refractivity contribution in [3.05, 3.63) is 59.4 Å². The summed E-state index contributed by atoms with van der Waals surface area (Å²) in [6.45, 7) is 4.17. The molecule has 9 heteroatoms. The highest BCUT2D eigenvalue weighted by Crippen LogP contribution is 2.25. The van der Waals surface area contributed by atoms with Gasteiger partial charge in [-0.25, -0.2) is 9.37 Å². The highest BCUT2D eigenvalue weighted by molar-refractivity contribution is 7.16. The summed E-state index contributed by atoms with van der Waals surface area (Å²) >= 11 is 1.53. The van der Waals surface area contributed by atoms with Crippen LogP contribution >= 0.6 is 11.3 Å². The van der Waals surface area contributed by atoms with Crippen molar-refractivity contribution < 1.29 is 9.50 Å². The smallest absolute Gasteiger partial charge is 0.320 e. The van der Waals surface area contributed by atoms with Gasteiger partial charge < -0.3 is 15.3 Å². The van der Waals surface area contributed by atoms with Crippen molar-refractivity contribution in [1.29, 1.82) is 0 Å². The van der Waals surface area contributed by atoms with Gasteiger partial charge in [-0.1, -0.05) is 18.2 Å². The zero-order chi connectivity index (χ0) is 20.4. The molecule has 0 amide bonds. The zero-order valence-electron chi connectivity index (χ0n) is 15.9. The zero-order valence-corrected chi connectivity index (χ0v) is 16.7. The van der Waals surface area contributed by atoms with E-state index in [0.29, 0.717) is 5.56 Å². The average Bonchev–Trinajstić information content (AvgIpc) is 3.14. The van der Waals surface area contributed by atoms with Crippen LogP contribution in [0.5, 0.6) is 6.01 Å². The molecule has 2 aromatic heterocycles. The fraction of sp³-hybridized carbons (Fsp3) is 0.200. The van der Waals surface area contributed by atoms with E-state index in [4.69, 9.17) is 0 Å². The normalized spacial score (nSPS) is 11.2. The van der Waals surface area contributed by atoms with E-state index in [0.717, 1.165) is 15.9 Å². The van der Waals surface area contributed by atoms with Gasteiger partial charge >= 0.3 is 6.01 Å². The van der Waals surface area contributed by atoms with E-state index >= 15 is 0 Å². The number of nitrogens with zero attached hydrogens (tertiary/aromatic N) is 5. The minimum absolute atomic E-state index is 0.0298. The number of fused-ring (bicyclic) bond motifs is 1. The van der Waals surface area contributed by atoms with Crippen LogP contribution in [0.2, 0.25) is 0 Å². The first-order valence-corrected chi connectivity index (χ1v) is 9.93. The molecule has 0 aliphatic rings. The van der Waals surface area contributed by atoms with Gasteiger partial charge in [0.2, 0.25) is 11.9 Å². The van der Waals surface area contributed by atoms with E-state index in [-0.39, 0.29) is 30.3 Å². The molecule has 4 aromatic rings. The highest BCUT2D eigenvalue weighted by atomic mass is 32.1. The molecule has 7 nitrogen and oxygen atoms in total. The molecular weight excluding hydrogens is 391 g/mol. The molecule has 2 aromatic carbocycles. The number of benzene rings is 2. The summed E-state index contributed by atoms with van der Waals surface area (Å²) in [7, 11) is 0. The van der Waals surface area contributed by atoms with Crippen LogP contribution in [0.25, 0.3) is 10.2 Å². The molecule has 148 valence electrons. The maximum Gasteiger partial charge on any atom is 0.320 e. The first-order chi connectivity index (χ1) is 14.0. The van der Waals surface area contributed by atoms with Gasteiger partial charge in [-0.3, -0.25) is 0 Å². The van der Waals surface area contributed by atoms with Crippen molar-refractivity contribution in [2.45, 2.75) is 26.4 Å². The summed E-state index contributed by atoms with van der Waals surface area (Å²) in [6, 6.07) is 11.8. The second-order valence-electron chi connectivity index (χ2n) is 6.73. The number of aromatic nitrogens is 4. The number of nitrogens with one attached hydrogen (secondary N) is 1. The quantitative estimate of drug-likeness (QED) is 0.484. The van der Waals surface area contributed by atoms with Crippen molar-refractivity contribution in [3.8, 4) is 6.01 Å². The molecule has 0 bridgehead atoms. The lowest BCUT2D eigenvalue weighted by atomic mass is 10.2. The largest absolute Gasteiger partial charge is 0.479 e. The molecule has 0 radical (unpaired) electrons. The third-order valence-corrected chi connectivity index (χ3v) is 5.17. The number of rotatable bonds is 6. The Morgan fingerprint density at radius 3 is 2.76 bits per heavy atom. The standard InChI is InChI=1S/C20H19FN6OS/c1-12(2)27(10-13-5-3-4-6-15(13)21)19-24-18(25-20(28)26-19)23-14-7-8-16-17(9-14)29-11-22-16/h3-9,11-12H,10H2,1-2H3,(H2,23,24,25,26,28). The fourth-order valence-electron chi connectivity index (χ4n) is 2.89. The van der Waals surface area contributed by atoms with Gasteiger partial charge in [-0.05, 0) is 38.1 Å². The highest BCUT2D eigenvalue weighted by Gasteiger charge is 2.18. The first-order valence-electron chi connectivity index (χ1n) is 9.05. The van der Waals surface area contributed by atoms with Crippen molar-refractivity contribution in [3.63, 3.8) is 0 Å². The van der Waals surface area contributed by atoms with Crippen molar-refractivity contribution >= 4 is 39.1 Å². The van der Waals surface area contributed by atoms with Gasteiger partial charge in [0.15, 0.2) is 0 Å². The molecule has 0 aliphatic carbocycles. The van der Waals surface area contributed by atoms with Gasteiger partial charge in [0.05, 0.1) is 15.7 Å². The van der Waals surface area contributed by atoms with Gasteiger partial charge in [-0.15, -0.1) is 11.3 Å². The molecule has 0 aliphatic heterocycles. The Bertz CT molecular complexity index is 1150. The molecule has 0 saturated carbocycles. The van der Waals surface area contributed by atoms with Crippen LogP contribution in [0.4, 0.5) is 22.0 Å². The average molecular weight is 410 g/mol. The molecule has 0 spiro atoms. The van der Waals surface area contributed by atoms with E-state index in [1.807, 2.05) is 32.0 Å². The van der Waals surface area contributed by atoms with Crippen LogP contribution in [0.1, 0.15) is 19.4 Å². The lowest BCUT2D eigenvalue weighted by Gasteiger charge is -2.27. The first kappa shape index (κ1) is 19.0. The van der Waals surface area contributed by atoms with Crippen LogP contribution in [-0.4, -0.2) is 31.1 Å². The lowest BCUT2D eigenvalue weighted by molar-refractivity contribution is 0.427. The van der Waals surface area contributed by atoms with E-state index in [1.165, 1.54) is 17.4 Å². The van der Waals surface area contributed by atoms with E-state index in [9.17, 15) is 9.50 Å². The number of thiazole rings is 1. The van der Waals surface area contributed by atoms with E-state index in [2.05, 4.69) is 25.3 Å². The Labute approximate surface area is 170 Å². The minimum atomic E-state index is -0.407. The lowest BCUT2D eigenvalue weighted by Crippen LogP contribution is -2.32. The van der Waals surface area contributed by atoms with E-state index < -0.39 is 6.01 Å². The topological polar surface area (TPSA) is 87.1 Å². The maximum atomic E-state index is 14.1. The monoisotopic (exact) mass is 410 g/mol. The summed E-state index contributed by atoms with van der Waals surface area (Å²) in [5.41, 5.74) is 3.98. The van der Waals surface area contributed by atoms with Gasteiger partial charge in [0, 0.05) is 23.8 Å². The summed E-state index contributed by atoms with van der Waals surface area (Å²) in [4.78, 5) is 18.5. The number of halogens is 1. The fourth-order valence-corrected chi connectivity index (χ4v) is 3.61. The third kappa shape index (κ3) is 4.24. The van der Waals surface area contributed by atoms with Gasteiger partial charge in [0.25, 0.3) is 0 Å². The molecular formula is C20H19FN6OS. The Morgan fingerprint density at radius 2 is 1.97 bits per heavy atom. The molecule has 0 unspecified atom stereocenters. The van der Waals surface area contributed by atoms with Crippen LogP contribution < -0.4 is 10.2 Å². The van der Waals surface area contributed by atoms with Crippen molar-refractivity contribution in [2.75, 3.05) is 10.2 Å². The SMILES string of the molecule is CC(C)N(Cc1ccccc1F)c1nc(O)nc(Nc2ccc3ncsc3c2)n1. The molecule has 2 N–H and O–H groups in total. The number of hydrogen-bond acceptors (Lipinski definition) is 8. The number of hydrogen-bond donors (Lipinski definition) is 2. The Kier molecular flexibility index (Phi) is 5.22. The van der Waals surface area contributed by atoms with Crippen LogP contribution in [0.15, 0.2) is 48.0 Å². The van der Waals surface area contributed by atoms with Gasteiger partial charge in [-0.2, -0.15) is 15.0 Å². The number of aromatic hydroxyl groups is 1. The van der Waals surface area contributed by atoms with Crippen LogP contribution in [-0.2, 0) is 6.54 Å². The van der Waals surface area contributed by atoms with Crippen molar-refractivity contribution in [2.24, 2.45) is 0 Å². The molecule has 4 rings (SSSR count). The van der Waals surface area contributed by atoms with E-state index in [1.54, 1.807) is 28.6 Å². The van der Waals surface area contributed by atoms with Crippen LogP contribution in [0.3, 0.4) is 0 Å². The second kappa shape index (κ2) is 7.96. The maximum absolute atomic E-state index is 14.1. The second-order valence-corrected chi connectivity index (χ2v) is 7.62. The summed E-state index contributed by atoms with van der Waals surface area (Å²) < 4.78 is 15.2. The molecule has 0 atom stereocenters. The Morgan fingerprint density at radius 1 is 1.14 bits per heavy atom. The number of anilines is 3. The van der Waals surface area contributed by atoms with Crippen molar-refractivity contribution in [1.82, 2.24) is 19.9 Å². The predicted molar refractivity (Wildman–Crippen MR) is 112 cm³/mol.